The number of hydrogen-bond donors (Lipinski definition) is 1. The van der Waals surface area contributed by atoms with Crippen LogP contribution in [0.25, 0.3) is 10.9 Å². The first kappa shape index (κ1) is 15.8. The summed E-state index contributed by atoms with van der Waals surface area (Å²) in [4.78, 5) is 14.7. The largest absolute Gasteiger partial charge is 0.376 e. The Hall–Kier alpha value is -2.66. The lowest BCUT2D eigenvalue weighted by atomic mass is 10.1. The fraction of sp³-hybridized carbons (Fsp3) is 0.300. The van der Waals surface area contributed by atoms with E-state index in [-0.39, 0.29) is 5.91 Å². The molecule has 2 aromatic carbocycles. The topological polar surface area (TPSA) is 58.2 Å². The van der Waals surface area contributed by atoms with E-state index < -0.39 is 0 Å². The van der Waals surface area contributed by atoms with Gasteiger partial charge in [-0.25, -0.2) is 0 Å². The molecule has 0 bridgehead atoms. The van der Waals surface area contributed by atoms with Crippen LogP contribution >= 0.6 is 0 Å². The van der Waals surface area contributed by atoms with E-state index in [1.165, 1.54) is 5.56 Å². The molecule has 0 radical (unpaired) electrons. The number of para-hydroxylation sites is 1. The quantitative estimate of drug-likeness (QED) is 0.779. The van der Waals surface area contributed by atoms with Crippen LogP contribution < -0.4 is 0 Å². The number of fused-ring (bicyclic) bond motifs is 1. The number of likely N-dealkylation sites (tertiary alicyclic amines) is 1. The lowest BCUT2D eigenvalue weighted by Crippen LogP contribution is -2.29. The van der Waals surface area contributed by atoms with Crippen molar-refractivity contribution in [2.45, 2.75) is 13.0 Å². The number of aromatic nitrogens is 2. The molecule has 1 aromatic heterocycles. The first-order valence-electron chi connectivity index (χ1n) is 8.65. The van der Waals surface area contributed by atoms with Crippen LogP contribution in [0.4, 0.5) is 0 Å². The average Bonchev–Trinajstić information content (AvgIpc) is 3.29. The molecule has 1 fully saturated rings. The molecule has 0 aliphatic carbocycles. The molecule has 1 N–H and O–H groups in total. The van der Waals surface area contributed by atoms with Crippen molar-refractivity contribution in [1.29, 1.82) is 0 Å². The molecule has 0 saturated carbocycles. The minimum absolute atomic E-state index is 0.00279. The van der Waals surface area contributed by atoms with Gasteiger partial charge < -0.3 is 9.64 Å². The van der Waals surface area contributed by atoms with Gasteiger partial charge in [-0.3, -0.25) is 9.89 Å². The van der Waals surface area contributed by atoms with Gasteiger partial charge in [0.2, 0.25) is 0 Å². The second kappa shape index (κ2) is 7.07. The highest BCUT2D eigenvalue weighted by molar-refractivity contribution is 6.04. The summed E-state index contributed by atoms with van der Waals surface area (Å²) in [5, 5.41) is 8.04. The molecule has 1 aliphatic rings. The van der Waals surface area contributed by atoms with E-state index in [0.717, 1.165) is 30.4 Å². The fourth-order valence-electron chi connectivity index (χ4n) is 3.35. The zero-order chi connectivity index (χ0) is 17.1. The summed E-state index contributed by atoms with van der Waals surface area (Å²) >= 11 is 0. The van der Waals surface area contributed by atoms with E-state index in [9.17, 15) is 4.79 Å². The number of carbonyl (C=O) groups excluding carboxylic acids is 1. The van der Waals surface area contributed by atoms with E-state index in [1.54, 1.807) is 0 Å². The molecular weight excluding hydrogens is 314 g/mol. The van der Waals surface area contributed by atoms with E-state index in [1.807, 2.05) is 47.4 Å². The maximum atomic E-state index is 12.8. The summed E-state index contributed by atoms with van der Waals surface area (Å²) in [6, 6.07) is 17.9. The second-order valence-electron chi connectivity index (χ2n) is 6.52. The van der Waals surface area contributed by atoms with Crippen LogP contribution in [0.5, 0.6) is 0 Å². The molecule has 1 amide bonds. The van der Waals surface area contributed by atoms with Crippen molar-refractivity contribution >= 4 is 16.8 Å². The number of benzene rings is 2. The van der Waals surface area contributed by atoms with Gasteiger partial charge in [0.15, 0.2) is 5.69 Å². The molecule has 5 heteroatoms. The average molecular weight is 335 g/mol. The Morgan fingerprint density at radius 2 is 1.96 bits per heavy atom. The third-order valence-corrected chi connectivity index (χ3v) is 4.71. The van der Waals surface area contributed by atoms with E-state index in [0.29, 0.717) is 24.8 Å². The van der Waals surface area contributed by atoms with Gasteiger partial charge in [-0.15, -0.1) is 0 Å². The number of H-pyrrole nitrogens is 1. The number of nitrogens with zero attached hydrogens (tertiary/aromatic N) is 2. The normalized spacial score (nSPS) is 17.3. The molecule has 128 valence electrons. The number of carbonyl (C=O) groups is 1. The Bertz CT molecular complexity index is 860. The number of aromatic amines is 1. The van der Waals surface area contributed by atoms with Gasteiger partial charge >= 0.3 is 0 Å². The smallest absolute Gasteiger partial charge is 0.275 e. The van der Waals surface area contributed by atoms with Crippen LogP contribution in [-0.4, -0.2) is 40.7 Å². The van der Waals surface area contributed by atoms with E-state index in [4.69, 9.17) is 4.74 Å². The minimum Gasteiger partial charge on any atom is -0.376 e. The summed E-state index contributed by atoms with van der Waals surface area (Å²) < 4.78 is 5.83. The predicted molar refractivity (Wildman–Crippen MR) is 96.2 cm³/mol. The molecule has 1 atom stereocenters. The number of hydrogen-bond acceptors (Lipinski definition) is 3. The highest BCUT2D eigenvalue weighted by atomic mass is 16.5. The summed E-state index contributed by atoms with van der Waals surface area (Å²) in [6.07, 6.45) is 0.975. The van der Waals surface area contributed by atoms with Crippen LogP contribution in [-0.2, 0) is 11.3 Å². The molecule has 3 aromatic rings. The molecule has 4 rings (SSSR count). The fourth-order valence-corrected chi connectivity index (χ4v) is 3.35. The molecular formula is C20H21N3O2. The summed E-state index contributed by atoms with van der Waals surface area (Å²) in [6.45, 7) is 2.80. The Morgan fingerprint density at radius 1 is 1.16 bits per heavy atom. The number of rotatable bonds is 5. The zero-order valence-electron chi connectivity index (χ0n) is 14.0. The van der Waals surface area contributed by atoms with Gasteiger partial charge in [0.1, 0.15) is 0 Å². The van der Waals surface area contributed by atoms with Crippen molar-refractivity contribution in [2.75, 3.05) is 19.7 Å². The standard InChI is InChI=1S/C20H21N3O2/c24-20(19-17-8-4-5-9-18(17)21-22-19)23-11-10-16(12-23)14-25-13-15-6-2-1-3-7-15/h1-9,16H,10-14H2,(H,21,22)/t16-/m0/s1. The van der Waals surface area contributed by atoms with Crippen LogP contribution in [0.15, 0.2) is 54.6 Å². The van der Waals surface area contributed by atoms with E-state index in [2.05, 4.69) is 22.3 Å². The predicted octanol–water partition coefficient (Wildman–Crippen LogP) is 3.24. The minimum atomic E-state index is 0.00279. The van der Waals surface area contributed by atoms with Crippen molar-refractivity contribution < 1.29 is 9.53 Å². The molecule has 2 heterocycles. The van der Waals surface area contributed by atoms with Crippen LogP contribution in [0.3, 0.4) is 0 Å². The van der Waals surface area contributed by atoms with Crippen LogP contribution in [0, 0.1) is 5.92 Å². The number of nitrogens with one attached hydrogen (secondary N) is 1. The Kier molecular flexibility index (Phi) is 4.48. The van der Waals surface area contributed by atoms with Gasteiger partial charge in [-0.2, -0.15) is 5.10 Å². The maximum Gasteiger partial charge on any atom is 0.275 e. The summed E-state index contributed by atoms with van der Waals surface area (Å²) in [5.41, 5.74) is 2.59. The summed E-state index contributed by atoms with van der Waals surface area (Å²) in [5.74, 6) is 0.390. The Balaban J connectivity index is 1.33. The Morgan fingerprint density at radius 3 is 2.84 bits per heavy atom. The van der Waals surface area contributed by atoms with Gasteiger partial charge in [-0.05, 0) is 18.1 Å². The van der Waals surface area contributed by atoms with Crippen molar-refractivity contribution in [3.63, 3.8) is 0 Å². The maximum absolute atomic E-state index is 12.8. The lowest BCUT2D eigenvalue weighted by molar-refractivity contribution is 0.0730. The molecule has 1 saturated heterocycles. The highest BCUT2D eigenvalue weighted by Gasteiger charge is 2.29. The molecule has 0 spiro atoms. The van der Waals surface area contributed by atoms with Crippen LogP contribution in [0.1, 0.15) is 22.5 Å². The van der Waals surface area contributed by atoms with Crippen molar-refractivity contribution in [3.05, 3.63) is 65.9 Å². The number of amides is 1. The van der Waals surface area contributed by atoms with Gasteiger partial charge in [0.25, 0.3) is 5.91 Å². The molecule has 25 heavy (non-hydrogen) atoms. The van der Waals surface area contributed by atoms with Gasteiger partial charge in [-0.1, -0.05) is 48.5 Å². The SMILES string of the molecule is O=C(c1n[nH]c2ccccc12)N1CC[C@H](COCc2ccccc2)C1. The van der Waals surface area contributed by atoms with Crippen molar-refractivity contribution in [1.82, 2.24) is 15.1 Å². The third kappa shape index (κ3) is 3.42. The zero-order valence-corrected chi connectivity index (χ0v) is 14.0. The van der Waals surface area contributed by atoms with Crippen LogP contribution in [0.2, 0.25) is 0 Å². The number of ether oxygens (including phenoxy) is 1. The first-order valence-corrected chi connectivity index (χ1v) is 8.65. The Labute approximate surface area is 146 Å². The van der Waals surface area contributed by atoms with E-state index >= 15 is 0 Å². The highest BCUT2D eigenvalue weighted by Crippen LogP contribution is 2.22. The monoisotopic (exact) mass is 335 g/mol. The van der Waals surface area contributed by atoms with Gasteiger partial charge in [0.05, 0.1) is 18.7 Å². The molecule has 0 unspecified atom stereocenters. The molecule has 1 aliphatic heterocycles. The lowest BCUT2D eigenvalue weighted by Gasteiger charge is -2.15. The van der Waals surface area contributed by atoms with Crippen molar-refractivity contribution in [2.24, 2.45) is 5.92 Å². The van der Waals surface area contributed by atoms with Crippen molar-refractivity contribution in [3.8, 4) is 0 Å². The summed E-state index contributed by atoms with van der Waals surface area (Å²) in [7, 11) is 0. The second-order valence-corrected chi connectivity index (χ2v) is 6.52. The first-order chi connectivity index (χ1) is 12.3. The third-order valence-electron chi connectivity index (χ3n) is 4.71. The van der Waals surface area contributed by atoms with Gasteiger partial charge in [0, 0.05) is 24.4 Å². The molecule has 5 nitrogen and oxygen atoms in total.